The summed E-state index contributed by atoms with van der Waals surface area (Å²) in [5, 5.41) is 4.68. The third kappa shape index (κ3) is 8.23. The van der Waals surface area contributed by atoms with Crippen molar-refractivity contribution in [1.29, 1.82) is 0 Å². The van der Waals surface area contributed by atoms with Crippen LogP contribution >= 0.6 is 0 Å². The van der Waals surface area contributed by atoms with Crippen molar-refractivity contribution in [1.82, 2.24) is 19.9 Å². The van der Waals surface area contributed by atoms with Gasteiger partial charge in [-0.05, 0) is 171 Å². The Hall–Kier alpha value is -5.36. The van der Waals surface area contributed by atoms with Crippen molar-refractivity contribution >= 4 is 23.3 Å². The van der Waals surface area contributed by atoms with Gasteiger partial charge in [0.05, 0.1) is 36.3 Å². The van der Waals surface area contributed by atoms with Crippen LogP contribution in [0.25, 0.3) is 23.3 Å². The summed E-state index contributed by atoms with van der Waals surface area (Å²) in [6, 6.07) is 17.2. The van der Waals surface area contributed by atoms with Gasteiger partial charge >= 0.3 is 0 Å². The largest absolute Gasteiger partial charge is 0.497 e. The minimum absolute atomic E-state index is 0.851. The first-order valence-corrected chi connectivity index (χ1v) is 22.8. The number of methoxy groups -OCH3 is 2. The molecule has 4 N–H and O–H groups in total. The first kappa shape index (κ1) is 42.8. The number of unbranched alkanes of at least 4 members (excludes halogenated alkanes) is 4. The minimum Gasteiger partial charge on any atom is -0.497 e. The van der Waals surface area contributed by atoms with E-state index < -0.39 is 0 Å². The van der Waals surface area contributed by atoms with E-state index in [0.29, 0.717) is 0 Å². The highest BCUT2D eigenvalue weighted by molar-refractivity contribution is 5.84. The van der Waals surface area contributed by atoms with Gasteiger partial charge in [0.25, 0.3) is 0 Å². The molecule has 4 aromatic heterocycles. The maximum Gasteiger partial charge on any atom is 0.119 e. The van der Waals surface area contributed by atoms with E-state index in [0.717, 1.165) is 122 Å². The lowest BCUT2D eigenvalue weighted by molar-refractivity contribution is 0.414. The van der Waals surface area contributed by atoms with E-state index in [1.165, 1.54) is 77.7 Å². The minimum atomic E-state index is 0.851. The van der Waals surface area contributed by atoms with Crippen LogP contribution in [-0.2, 0) is 25.7 Å². The first-order chi connectivity index (χ1) is 29.2. The highest BCUT2D eigenvalue weighted by atomic mass is 16.5. The SMILES string of the molecule is CCCCc1c2[nH]c(c1C)C(c1cccc(OC)c1)=c1[nH]c(c(CCCC)c1C)=Cc1[nH]c(c(C)c1CCCC)C(c1cccc(OC)c1)=c1[nH]c(c(CCCC)c1C)=C2. The van der Waals surface area contributed by atoms with Crippen LogP contribution in [0.5, 0.6) is 11.5 Å². The van der Waals surface area contributed by atoms with E-state index in [1.807, 2.05) is 12.1 Å². The van der Waals surface area contributed by atoms with Gasteiger partial charge in [0, 0.05) is 33.2 Å². The lowest BCUT2D eigenvalue weighted by atomic mass is 9.94. The van der Waals surface area contributed by atoms with Crippen LogP contribution in [0.4, 0.5) is 0 Å². The van der Waals surface area contributed by atoms with Crippen molar-refractivity contribution in [3.05, 3.63) is 148 Å². The Labute approximate surface area is 358 Å². The maximum atomic E-state index is 5.86. The number of aromatic amines is 4. The number of aromatic nitrogens is 4. The summed E-state index contributed by atoms with van der Waals surface area (Å²) in [4.78, 5) is 16.4. The summed E-state index contributed by atoms with van der Waals surface area (Å²) in [5.74, 6) is 1.70. The number of benzene rings is 2. The van der Waals surface area contributed by atoms with Crippen LogP contribution in [0, 0.1) is 27.7 Å². The maximum absolute atomic E-state index is 5.86. The van der Waals surface area contributed by atoms with Gasteiger partial charge < -0.3 is 29.4 Å². The fourth-order valence-electron chi connectivity index (χ4n) is 9.50. The third-order valence-electron chi connectivity index (χ3n) is 13.1. The number of hydrogen-bond donors (Lipinski definition) is 4. The molecule has 1 aliphatic rings. The van der Waals surface area contributed by atoms with Crippen LogP contribution < -0.4 is 30.9 Å². The van der Waals surface area contributed by atoms with Crippen molar-refractivity contribution < 1.29 is 9.47 Å². The Morgan fingerprint density at radius 2 is 0.817 bits per heavy atom. The van der Waals surface area contributed by atoms with E-state index in [4.69, 9.17) is 9.47 Å². The smallest absolute Gasteiger partial charge is 0.119 e. The van der Waals surface area contributed by atoms with E-state index in [9.17, 15) is 0 Å². The third-order valence-corrected chi connectivity index (χ3v) is 13.1. The van der Waals surface area contributed by atoms with Crippen molar-refractivity contribution in [2.24, 2.45) is 0 Å². The molecule has 60 heavy (non-hydrogen) atoms. The van der Waals surface area contributed by atoms with Gasteiger partial charge in [-0.25, -0.2) is 0 Å². The molecule has 8 bridgehead atoms. The average molecular weight is 805 g/mol. The summed E-state index contributed by atoms with van der Waals surface area (Å²) in [7, 11) is 3.52. The monoisotopic (exact) mass is 805 g/mol. The molecule has 1 aliphatic heterocycles. The highest BCUT2D eigenvalue weighted by Crippen LogP contribution is 2.33. The molecule has 0 saturated carbocycles. The predicted octanol–water partition coefficient (Wildman–Crippen LogP) is 10.1. The molecule has 6 aromatic rings. The molecule has 316 valence electrons. The molecule has 7 rings (SSSR count). The van der Waals surface area contributed by atoms with E-state index in [1.54, 1.807) is 14.2 Å². The quantitative estimate of drug-likeness (QED) is 0.0785. The molecular weight excluding hydrogens is 737 g/mol. The number of fused-ring (bicyclic) bond motifs is 8. The zero-order valence-electron chi connectivity index (χ0n) is 38.1. The molecule has 0 saturated heterocycles. The fourth-order valence-corrected chi connectivity index (χ4v) is 9.50. The Bertz CT molecular complexity index is 2540. The van der Waals surface area contributed by atoms with Crippen LogP contribution in [0.2, 0.25) is 0 Å². The standard InChI is InChI=1S/C54H68N4O2/c1-11-15-25-41-33(5)51-49(37-21-19-23-39(29-37)59-9)52-35(7)43(27-17-13-3)47(57-52)32-48-44(28-18-14-4)36(8)54(58-48)50(38-22-20-24-40(30-38)60-10)53-34(6)42(26-16-12-2)46(56-53)31-45(41)55-51/h19-24,29-32,55-58H,11-18,25-28H2,1-10H3. The Morgan fingerprint density at radius 3 is 1.17 bits per heavy atom. The molecule has 0 aliphatic carbocycles. The molecular formula is C54H68N4O2. The molecule has 0 radical (unpaired) electrons. The molecule has 5 heterocycles. The normalized spacial score (nSPS) is 12.5. The topological polar surface area (TPSA) is 81.6 Å². The van der Waals surface area contributed by atoms with Crippen LogP contribution in [0.15, 0.2) is 48.5 Å². The van der Waals surface area contributed by atoms with Gasteiger partial charge in [0.1, 0.15) is 11.5 Å². The zero-order chi connectivity index (χ0) is 42.5. The van der Waals surface area contributed by atoms with Gasteiger partial charge in [0.15, 0.2) is 0 Å². The number of ether oxygens (including phenoxy) is 2. The zero-order valence-corrected chi connectivity index (χ0v) is 38.1. The second-order valence-electron chi connectivity index (χ2n) is 17.0. The van der Waals surface area contributed by atoms with Crippen molar-refractivity contribution in [3.63, 3.8) is 0 Å². The summed E-state index contributed by atoms with van der Waals surface area (Å²) in [5.41, 5.74) is 20.1. The van der Waals surface area contributed by atoms with E-state index in [2.05, 4.69) is 124 Å². The number of rotatable bonds is 16. The van der Waals surface area contributed by atoms with Crippen molar-refractivity contribution in [3.8, 4) is 11.5 Å². The molecule has 2 aromatic carbocycles. The second kappa shape index (κ2) is 18.9. The van der Waals surface area contributed by atoms with Gasteiger partial charge in [-0.1, -0.05) is 77.6 Å². The first-order valence-electron chi connectivity index (χ1n) is 22.8. The van der Waals surface area contributed by atoms with Gasteiger partial charge in [-0.2, -0.15) is 0 Å². The number of nitrogens with one attached hydrogen (secondary N) is 4. The number of hydrogen-bond acceptors (Lipinski definition) is 2. The summed E-state index contributed by atoms with van der Waals surface area (Å²) in [6.07, 6.45) is 17.9. The van der Waals surface area contributed by atoms with Crippen molar-refractivity contribution in [2.75, 3.05) is 14.2 Å². The predicted molar refractivity (Wildman–Crippen MR) is 251 cm³/mol. The second-order valence-corrected chi connectivity index (χ2v) is 17.0. The molecule has 0 unspecified atom stereocenters. The molecule has 0 spiro atoms. The van der Waals surface area contributed by atoms with Crippen LogP contribution in [0.3, 0.4) is 0 Å². The number of H-pyrrole nitrogens is 4. The van der Waals surface area contributed by atoms with Gasteiger partial charge in [-0.3, -0.25) is 0 Å². The Balaban J connectivity index is 1.74. The summed E-state index contributed by atoms with van der Waals surface area (Å²) >= 11 is 0. The van der Waals surface area contributed by atoms with Crippen LogP contribution in [0.1, 0.15) is 157 Å². The van der Waals surface area contributed by atoms with Gasteiger partial charge in [0.2, 0.25) is 0 Å². The van der Waals surface area contributed by atoms with E-state index in [-0.39, 0.29) is 0 Å². The molecule has 0 amide bonds. The molecule has 6 nitrogen and oxygen atoms in total. The average Bonchev–Trinajstić information content (AvgIpc) is 3.94. The van der Waals surface area contributed by atoms with Gasteiger partial charge in [-0.15, -0.1) is 0 Å². The lowest BCUT2D eigenvalue weighted by Crippen LogP contribution is -2.18. The summed E-state index contributed by atoms with van der Waals surface area (Å²) < 4.78 is 11.7. The lowest BCUT2D eigenvalue weighted by Gasteiger charge is -2.11. The Kier molecular flexibility index (Phi) is 13.5. The van der Waals surface area contributed by atoms with Crippen LogP contribution in [-0.4, -0.2) is 34.2 Å². The van der Waals surface area contributed by atoms with Crippen molar-refractivity contribution in [2.45, 2.75) is 132 Å². The fraction of sp³-hybridized carbons (Fsp3) is 0.407. The molecule has 6 heteroatoms. The highest BCUT2D eigenvalue weighted by Gasteiger charge is 2.24. The molecule has 0 atom stereocenters. The summed E-state index contributed by atoms with van der Waals surface area (Å²) in [6.45, 7) is 18.5. The Morgan fingerprint density at radius 1 is 0.450 bits per heavy atom. The van der Waals surface area contributed by atoms with E-state index >= 15 is 0 Å². The molecule has 0 fully saturated rings.